The van der Waals surface area contributed by atoms with Gasteiger partial charge in [0.2, 0.25) is 11.8 Å². The number of nitrogens with one attached hydrogen (secondary N) is 1. The Morgan fingerprint density at radius 3 is 2.27 bits per heavy atom. The minimum Gasteiger partial charge on any atom is -0.392 e. The van der Waals surface area contributed by atoms with Crippen molar-refractivity contribution < 1.29 is 14.7 Å². The summed E-state index contributed by atoms with van der Waals surface area (Å²) in [5, 5.41) is 15.1. The third-order valence-corrected chi connectivity index (χ3v) is 10.3. The van der Waals surface area contributed by atoms with Crippen LogP contribution >= 0.6 is 0 Å². The molecule has 7 atom stereocenters. The van der Waals surface area contributed by atoms with Crippen molar-refractivity contribution in [3.63, 3.8) is 0 Å². The fourth-order valence-electron chi connectivity index (χ4n) is 7.86. The molecule has 1 heterocycles. The van der Waals surface area contributed by atoms with Crippen molar-refractivity contribution >= 4 is 11.8 Å². The number of aliphatic hydroxyl groups is 1. The van der Waals surface area contributed by atoms with Gasteiger partial charge < -0.3 is 15.3 Å². The molecule has 3 saturated carbocycles. The number of amides is 2. The van der Waals surface area contributed by atoms with Crippen LogP contribution in [0.1, 0.15) is 98.3 Å². The van der Waals surface area contributed by atoms with Gasteiger partial charge in [-0.25, -0.2) is 0 Å². The Balaban J connectivity index is 1.42. The number of piperidine rings is 1. The van der Waals surface area contributed by atoms with Gasteiger partial charge in [0.25, 0.3) is 0 Å². The molecular weight excluding hydrogens is 412 g/mol. The van der Waals surface area contributed by atoms with Gasteiger partial charge >= 0.3 is 0 Å². The average Bonchev–Trinajstić information content (AvgIpc) is 2.81. The molecule has 1 aliphatic heterocycles. The lowest BCUT2D eigenvalue weighted by Crippen LogP contribution is -2.59. The van der Waals surface area contributed by atoms with Gasteiger partial charge in [-0.3, -0.25) is 9.59 Å². The topological polar surface area (TPSA) is 69.6 Å². The second-order valence-electron chi connectivity index (χ2n) is 12.5. The van der Waals surface area contributed by atoms with Crippen LogP contribution in [0.2, 0.25) is 0 Å². The summed E-state index contributed by atoms with van der Waals surface area (Å²) >= 11 is 0. The Hall–Kier alpha value is -1.10. The van der Waals surface area contributed by atoms with Crippen molar-refractivity contribution in [3.05, 3.63) is 0 Å². The molecular formula is C28H48N2O3. The number of aliphatic hydroxyl groups excluding tert-OH is 1. The first kappa shape index (κ1) is 25.0. The molecule has 0 bridgehead atoms. The van der Waals surface area contributed by atoms with Gasteiger partial charge in [0.05, 0.1) is 6.10 Å². The first-order valence-electron chi connectivity index (χ1n) is 14.0. The lowest BCUT2D eigenvalue weighted by molar-refractivity contribution is -0.152. The summed E-state index contributed by atoms with van der Waals surface area (Å²) in [6.45, 7) is 10.6. The van der Waals surface area contributed by atoms with Crippen LogP contribution in [-0.4, -0.2) is 47.1 Å². The third-order valence-electron chi connectivity index (χ3n) is 10.3. The van der Waals surface area contributed by atoms with Crippen molar-refractivity contribution in [1.82, 2.24) is 10.2 Å². The molecule has 2 N–H and O–H groups in total. The van der Waals surface area contributed by atoms with Gasteiger partial charge in [0.15, 0.2) is 0 Å². The van der Waals surface area contributed by atoms with E-state index in [-0.39, 0.29) is 52.9 Å². The summed E-state index contributed by atoms with van der Waals surface area (Å²) in [5.41, 5.74) is 0.102. The van der Waals surface area contributed by atoms with Crippen LogP contribution in [0, 0.1) is 40.9 Å². The highest BCUT2D eigenvalue weighted by Gasteiger charge is 2.54. The largest absolute Gasteiger partial charge is 0.392 e. The molecule has 0 aromatic rings. The summed E-state index contributed by atoms with van der Waals surface area (Å²) < 4.78 is 0. The summed E-state index contributed by atoms with van der Waals surface area (Å²) in [7, 11) is 0. The van der Waals surface area contributed by atoms with Crippen molar-refractivity contribution in [2.75, 3.05) is 13.1 Å². The number of rotatable bonds is 4. The third kappa shape index (κ3) is 5.13. The van der Waals surface area contributed by atoms with Gasteiger partial charge in [-0.1, -0.05) is 47.0 Å². The second kappa shape index (κ2) is 10.3. The number of hydrogen-bond donors (Lipinski definition) is 2. The Kier molecular flexibility index (Phi) is 7.77. The van der Waals surface area contributed by atoms with E-state index in [0.29, 0.717) is 5.92 Å². The van der Waals surface area contributed by atoms with E-state index >= 15 is 0 Å². The standard InChI is InChI=1S/C28H48N2O3/c1-18-12-16-30(17-13-18)27(33)19(2)22-10-14-28(4)15-11-23(20(3)24(28)25(22)31)29-26(32)21-8-6-5-7-9-21/h18-25,31H,5-17H2,1-4H3,(H,29,32)/t19-,20+,22?,23-,24+,25-,28-/m0/s1. The Bertz CT molecular complexity index is 697. The smallest absolute Gasteiger partial charge is 0.225 e. The maximum absolute atomic E-state index is 13.3. The van der Waals surface area contributed by atoms with E-state index in [0.717, 1.165) is 64.5 Å². The predicted molar refractivity (Wildman–Crippen MR) is 131 cm³/mol. The number of carbonyl (C=O) groups is 2. The monoisotopic (exact) mass is 460 g/mol. The van der Waals surface area contributed by atoms with Gasteiger partial charge in [-0.15, -0.1) is 0 Å². The highest BCUT2D eigenvalue weighted by molar-refractivity contribution is 5.79. The van der Waals surface area contributed by atoms with Crippen molar-refractivity contribution in [1.29, 1.82) is 0 Å². The minimum atomic E-state index is -0.476. The lowest BCUT2D eigenvalue weighted by Gasteiger charge is -2.56. The van der Waals surface area contributed by atoms with E-state index in [1.807, 2.05) is 11.8 Å². The quantitative estimate of drug-likeness (QED) is 0.635. The van der Waals surface area contributed by atoms with Gasteiger partial charge in [-0.2, -0.15) is 0 Å². The Labute approximate surface area is 201 Å². The van der Waals surface area contributed by atoms with Crippen LogP contribution in [0.5, 0.6) is 0 Å². The zero-order valence-electron chi connectivity index (χ0n) is 21.5. The molecule has 0 aromatic carbocycles. The summed E-state index contributed by atoms with van der Waals surface area (Å²) in [6.07, 6.45) is 11.4. The normalized spacial score (nSPS) is 39.5. The summed E-state index contributed by atoms with van der Waals surface area (Å²) in [6, 6.07) is 0.139. The molecule has 0 aromatic heterocycles. The van der Waals surface area contributed by atoms with Crippen LogP contribution < -0.4 is 5.32 Å². The van der Waals surface area contributed by atoms with E-state index in [2.05, 4.69) is 26.1 Å². The Morgan fingerprint density at radius 1 is 0.970 bits per heavy atom. The SMILES string of the molecule is CC1CCN(C(=O)[C@@H](C)C2CC[C@@]3(C)CC[C@H](NC(=O)C4CCCCC4)[C@@H](C)[C@@H]3[C@H]2O)CC1. The number of nitrogens with zero attached hydrogens (tertiary/aromatic N) is 1. The van der Waals surface area contributed by atoms with E-state index in [1.54, 1.807) is 0 Å². The molecule has 0 radical (unpaired) electrons. The highest BCUT2D eigenvalue weighted by atomic mass is 16.3. The molecule has 1 saturated heterocycles. The van der Waals surface area contributed by atoms with Gasteiger partial charge in [-0.05, 0) is 80.5 Å². The first-order valence-corrected chi connectivity index (χ1v) is 14.0. The number of carbonyl (C=O) groups excluding carboxylic acids is 2. The first-order chi connectivity index (χ1) is 15.7. The highest BCUT2D eigenvalue weighted by Crippen LogP contribution is 2.55. The van der Waals surface area contributed by atoms with Crippen LogP contribution in [0.15, 0.2) is 0 Å². The Morgan fingerprint density at radius 2 is 1.61 bits per heavy atom. The number of hydrogen-bond acceptors (Lipinski definition) is 3. The zero-order valence-corrected chi connectivity index (χ0v) is 21.5. The molecule has 4 fully saturated rings. The van der Waals surface area contributed by atoms with Crippen LogP contribution in [-0.2, 0) is 9.59 Å². The fraction of sp³-hybridized carbons (Fsp3) is 0.929. The van der Waals surface area contributed by atoms with Crippen LogP contribution in [0.4, 0.5) is 0 Å². The molecule has 188 valence electrons. The molecule has 2 amide bonds. The fourth-order valence-corrected chi connectivity index (χ4v) is 7.86. The van der Waals surface area contributed by atoms with Gasteiger partial charge in [0.1, 0.15) is 0 Å². The van der Waals surface area contributed by atoms with Crippen molar-refractivity contribution in [2.45, 2.75) is 110 Å². The van der Waals surface area contributed by atoms with Crippen LogP contribution in [0.3, 0.4) is 0 Å². The van der Waals surface area contributed by atoms with E-state index < -0.39 is 6.10 Å². The molecule has 3 aliphatic carbocycles. The van der Waals surface area contributed by atoms with Crippen molar-refractivity contribution in [2.24, 2.45) is 40.9 Å². The molecule has 1 unspecified atom stereocenters. The zero-order chi connectivity index (χ0) is 23.8. The summed E-state index contributed by atoms with van der Waals surface area (Å²) in [5.74, 6) is 1.60. The maximum atomic E-state index is 13.3. The lowest BCUT2D eigenvalue weighted by atomic mass is 9.51. The molecule has 4 rings (SSSR count). The predicted octanol–water partition coefficient (Wildman–Crippen LogP) is 4.77. The maximum Gasteiger partial charge on any atom is 0.225 e. The molecule has 33 heavy (non-hydrogen) atoms. The molecule has 5 heteroatoms. The van der Waals surface area contributed by atoms with E-state index in [9.17, 15) is 14.7 Å². The van der Waals surface area contributed by atoms with Gasteiger partial charge in [0, 0.05) is 31.0 Å². The molecule has 5 nitrogen and oxygen atoms in total. The number of fused-ring (bicyclic) bond motifs is 1. The minimum absolute atomic E-state index is 0.0187. The second-order valence-corrected chi connectivity index (χ2v) is 12.5. The van der Waals surface area contributed by atoms with E-state index in [1.165, 1.54) is 19.3 Å². The van der Waals surface area contributed by atoms with Crippen molar-refractivity contribution in [3.8, 4) is 0 Å². The molecule has 4 aliphatic rings. The van der Waals surface area contributed by atoms with Crippen LogP contribution in [0.25, 0.3) is 0 Å². The average molecular weight is 461 g/mol. The summed E-state index contributed by atoms with van der Waals surface area (Å²) in [4.78, 5) is 28.3. The molecule has 0 spiro atoms. The number of likely N-dealkylation sites (tertiary alicyclic amines) is 1. The van der Waals surface area contributed by atoms with E-state index in [4.69, 9.17) is 0 Å².